The number of hydrogen-bond acceptors (Lipinski definition) is 4. The smallest absolute Gasteiger partial charge is 0.317 e. The maximum absolute atomic E-state index is 10.8. The molecule has 0 saturated carbocycles. The number of phenolic OH excluding ortho intramolecular Hbond substituents is 1. The van der Waals surface area contributed by atoms with Gasteiger partial charge in [0.1, 0.15) is 0 Å². The SMILES string of the molecule is CCCN(CC(=O)O)Cc1ccc(O)c(OCC)c1. The average molecular weight is 267 g/mol. The zero-order chi connectivity index (χ0) is 14.3. The molecule has 5 nitrogen and oxygen atoms in total. The first-order valence-corrected chi connectivity index (χ1v) is 6.45. The molecule has 0 spiro atoms. The van der Waals surface area contributed by atoms with Gasteiger partial charge in [-0.2, -0.15) is 0 Å². The van der Waals surface area contributed by atoms with Gasteiger partial charge < -0.3 is 14.9 Å². The molecule has 0 aliphatic carbocycles. The second-order valence-corrected chi connectivity index (χ2v) is 4.34. The minimum absolute atomic E-state index is 0.0126. The van der Waals surface area contributed by atoms with Crippen LogP contribution < -0.4 is 4.74 Å². The highest BCUT2D eigenvalue weighted by molar-refractivity contribution is 5.69. The van der Waals surface area contributed by atoms with Crippen molar-refractivity contribution in [3.8, 4) is 11.5 Å². The second-order valence-electron chi connectivity index (χ2n) is 4.34. The van der Waals surface area contributed by atoms with Crippen LogP contribution in [-0.4, -0.2) is 40.8 Å². The Balaban J connectivity index is 2.77. The van der Waals surface area contributed by atoms with Crippen molar-refractivity contribution < 1.29 is 19.7 Å². The number of ether oxygens (including phenoxy) is 1. The Kier molecular flexibility index (Phi) is 6.15. The van der Waals surface area contributed by atoms with Gasteiger partial charge in [0.25, 0.3) is 0 Å². The van der Waals surface area contributed by atoms with E-state index >= 15 is 0 Å². The van der Waals surface area contributed by atoms with E-state index in [4.69, 9.17) is 9.84 Å². The van der Waals surface area contributed by atoms with Gasteiger partial charge in [0.2, 0.25) is 0 Å². The van der Waals surface area contributed by atoms with Crippen LogP contribution in [0, 0.1) is 0 Å². The number of rotatable bonds is 8. The van der Waals surface area contributed by atoms with Gasteiger partial charge in [0, 0.05) is 6.54 Å². The highest BCUT2D eigenvalue weighted by Crippen LogP contribution is 2.27. The Morgan fingerprint density at radius 3 is 2.68 bits per heavy atom. The average Bonchev–Trinajstić information content (AvgIpc) is 2.33. The fourth-order valence-corrected chi connectivity index (χ4v) is 1.91. The van der Waals surface area contributed by atoms with Crippen LogP contribution in [-0.2, 0) is 11.3 Å². The summed E-state index contributed by atoms with van der Waals surface area (Å²) in [5.41, 5.74) is 0.927. The lowest BCUT2D eigenvalue weighted by molar-refractivity contribution is -0.138. The zero-order valence-corrected chi connectivity index (χ0v) is 11.4. The minimum atomic E-state index is -0.836. The van der Waals surface area contributed by atoms with Gasteiger partial charge in [-0.25, -0.2) is 0 Å². The summed E-state index contributed by atoms with van der Waals surface area (Å²) >= 11 is 0. The first-order chi connectivity index (χ1) is 9.06. The molecule has 19 heavy (non-hydrogen) atoms. The highest BCUT2D eigenvalue weighted by atomic mass is 16.5. The molecule has 1 aromatic rings. The monoisotopic (exact) mass is 267 g/mol. The number of nitrogens with zero attached hydrogens (tertiary/aromatic N) is 1. The van der Waals surface area contributed by atoms with Crippen LogP contribution in [0.25, 0.3) is 0 Å². The fraction of sp³-hybridized carbons (Fsp3) is 0.500. The summed E-state index contributed by atoms with van der Waals surface area (Å²) in [6.07, 6.45) is 0.893. The van der Waals surface area contributed by atoms with Crippen LogP contribution in [0.3, 0.4) is 0 Å². The summed E-state index contributed by atoms with van der Waals surface area (Å²) in [4.78, 5) is 12.6. The minimum Gasteiger partial charge on any atom is -0.504 e. The number of carboxylic acid groups (broad SMARTS) is 1. The molecule has 0 aliphatic heterocycles. The van der Waals surface area contributed by atoms with Crippen LogP contribution in [0.15, 0.2) is 18.2 Å². The summed E-state index contributed by atoms with van der Waals surface area (Å²) in [5.74, 6) is -0.296. The molecule has 106 valence electrons. The molecule has 0 aromatic heterocycles. The van der Waals surface area contributed by atoms with Gasteiger partial charge >= 0.3 is 5.97 Å². The number of aliphatic carboxylic acids is 1. The Morgan fingerprint density at radius 1 is 1.37 bits per heavy atom. The van der Waals surface area contributed by atoms with Crippen LogP contribution >= 0.6 is 0 Å². The quantitative estimate of drug-likeness (QED) is 0.754. The van der Waals surface area contributed by atoms with E-state index in [-0.39, 0.29) is 12.3 Å². The second kappa shape index (κ2) is 7.63. The van der Waals surface area contributed by atoms with Gasteiger partial charge in [-0.15, -0.1) is 0 Å². The topological polar surface area (TPSA) is 70.0 Å². The van der Waals surface area contributed by atoms with E-state index < -0.39 is 5.97 Å². The molecule has 0 atom stereocenters. The van der Waals surface area contributed by atoms with Crippen molar-refractivity contribution in [1.29, 1.82) is 0 Å². The number of hydrogen-bond donors (Lipinski definition) is 2. The third kappa shape index (κ3) is 5.18. The Hall–Kier alpha value is -1.75. The molecule has 5 heteroatoms. The summed E-state index contributed by atoms with van der Waals surface area (Å²) in [7, 11) is 0. The summed E-state index contributed by atoms with van der Waals surface area (Å²) in [5, 5.41) is 18.5. The largest absolute Gasteiger partial charge is 0.504 e. The number of benzene rings is 1. The van der Waals surface area contributed by atoms with Crippen molar-refractivity contribution in [3.05, 3.63) is 23.8 Å². The predicted molar refractivity (Wildman–Crippen MR) is 72.5 cm³/mol. The van der Waals surface area contributed by atoms with Crippen molar-refractivity contribution in [3.63, 3.8) is 0 Å². The predicted octanol–water partition coefficient (Wildman–Crippen LogP) is 2.09. The molecule has 0 amide bonds. The number of aromatic hydroxyl groups is 1. The van der Waals surface area contributed by atoms with Gasteiger partial charge in [-0.1, -0.05) is 13.0 Å². The van der Waals surface area contributed by atoms with Gasteiger partial charge in [0.15, 0.2) is 11.5 Å². The fourth-order valence-electron chi connectivity index (χ4n) is 1.91. The molecule has 0 aliphatic rings. The Bertz CT molecular complexity index is 420. The van der Waals surface area contributed by atoms with E-state index in [0.717, 1.165) is 18.5 Å². The molecule has 1 rings (SSSR count). The lowest BCUT2D eigenvalue weighted by atomic mass is 10.2. The van der Waals surface area contributed by atoms with E-state index in [1.807, 2.05) is 18.7 Å². The molecule has 0 fully saturated rings. The Labute approximate surface area is 113 Å². The molecule has 0 unspecified atom stereocenters. The van der Waals surface area contributed by atoms with Gasteiger partial charge in [-0.3, -0.25) is 9.69 Å². The van der Waals surface area contributed by atoms with Crippen LogP contribution in [0.2, 0.25) is 0 Å². The molecule has 0 radical (unpaired) electrons. The number of phenols is 1. The van der Waals surface area contributed by atoms with E-state index in [1.54, 1.807) is 18.2 Å². The van der Waals surface area contributed by atoms with Crippen LogP contribution in [0.4, 0.5) is 0 Å². The standard InChI is InChI=1S/C14H21NO4/c1-3-7-15(10-14(17)18)9-11-5-6-12(16)13(8-11)19-4-2/h5-6,8,16H,3-4,7,9-10H2,1-2H3,(H,17,18). The van der Waals surface area contributed by atoms with Gasteiger partial charge in [0.05, 0.1) is 13.2 Å². The molecule has 2 N–H and O–H groups in total. The van der Waals surface area contributed by atoms with Crippen molar-refractivity contribution in [2.24, 2.45) is 0 Å². The third-order valence-corrected chi connectivity index (χ3v) is 2.63. The van der Waals surface area contributed by atoms with E-state index in [1.165, 1.54) is 0 Å². The van der Waals surface area contributed by atoms with Crippen molar-refractivity contribution in [2.45, 2.75) is 26.8 Å². The number of carbonyl (C=O) groups is 1. The maximum Gasteiger partial charge on any atom is 0.317 e. The lowest BCUT2D eigenvalue weighted by Crippen LogP contribution is -2.30. The third-order valence-electron chi connectivity index (χ3n) is 2.63. The molecule has 0 bridgehead atoms. The summed E-state index contributed by atoms with van der Waals surface area (Å²) in [6.45, 7) is 5.60. The normalized spacial score (nSPS) is 10.7. The lowest BCUT2D eigenvalue weighted by Gasteiger charge is -2.20. The molecule has 0 heterocycles. The molecular formula is C14H21NO4. The molecule has 1 aromatic carbocycles. The maximum atomic E-state index is 10.8. The zero-order valence-electron chi connectivity index (χ0n) is 11.4. The van der Waals surface area contributed by atoms with Crippen molar-refractivity contribution in [1.82, 2.24) is 4.90 Å². The van der Waals surface area contributed by atoms with E-state index in [2.05, 4.69) is 0 Å². The van der Waals surface area contributed by atoms with Crippen molar-refractivity contribution in [2.75, 3.05) is 19.7 Å². The van der Waals surface area contributed by atoms with Gasteiger partial charge in [-0.05, 0) is 37.6 Å². The Morgan fingerprint density at radius 2 is 2.11 bits per heavy atom. The molecular weight excluding hydrogens is 246 g/mol. The number of carboxylic acids is 1. The van der Waals surface area contributed by atoms with E-state index in [9.17, 15) is 9.90 Å². The highest BCUT2D eigenvalue weighted by Gasteiger charge is 2.11. The summed E-state index contributed by atoms with van der Waals surface area (Å²) < 4.78 is 5.32. The van der Waals surface area contributed by atoms with Crippen LogP contribution in [0.1, 0.15) is 25.8 Å². The molecule has 0 saturated heterocycles. The van der Waals surface area contributed by atoms with E-state index in [0.29, 0.717) is 18.9 Å². The first-order valence-electron chi connectivity index (χ1n) is 6.45. The van der Waals surface area contributed by atoms with Crippen molar-refractivity contribution >= 4 is 5.97 Å². The first kappa shape index (κ1) is 15.3. The van der Waals surface area contributed by atoms with Crippen LogP contribution in [0.5, 0.6) is 11.5 Å². The summed E-state index contributed by atoms with van der Waals surface area (Å²) in [6, 6.07) is 5.11.